The minimum absolute atomic E-state index is 0.717. The summed E-state index contributed by atoms with van der Waals surface area (Å²) in [5, 5.41) is 3.90. The summed E-state index contributed by atoms with van der Waals surface area (Å²) in [6.07, 6.45) is 10.6. The van der Waals surface area contributed by atoms with Gasteiger partial charge in [-0.25, -0.2) is 0 Å². The number of nitrogens with zero attached hydrogens (tertiary/aromatic N) is 1. The molecule has 3 atom stereocenters. The Hall–Kier alpha value is -0.340. The molecule has 0 amide bonds. The van der Waals surface area contributed by atoms with Crippen molar-refractivity contribution in [3.05, 3.63) is 12.7 Å². The fourth-order valence-electron chi connectivity index (χ4n) is 3.54. The summed E-state index contributed by atoms with van der Waals surface area (Å²) < 4.78 is 0. The van der Waals surface area contributed by atoms with Crippen molar-refractivity contribution in [2.45, 2.75) is 57.5 Å². The molecule has 1 saturated heterocycles. The summed E-state index contributed by atoms with van der Waals surface area (Å²) >= 11 is 0. The lowest BCUT2D eigenvalue weighted by Crippen LogP contribution is -2.52. The normalized spacial score (nSPS) is 33.4. The van der Waals surface area contributed by atoms with E-state index in [-0.39, 0.29) is 0 Å². The average molecular weight is 236 g/mol. The van der Waals surface area contributed by atoms with Crippen molar-refractivity contribution in [1.82, 2.24) is 10.2 Å². The molecule has 1 saturated carbocycles. The van der Waals surface area contributed by atoms with Crippen LogP contribution in [0.15, 0.2) is 12.7 Å². The van der Waals surface area contributed by atoms with Crippen molar-refractivity contribution in [2.24, 2.45) is 5.92 Å². The topological polar surface area (TPSA) is 15.3 Å². The van der Waals surface area contributed by atoms with E-state index < -0.39 is 0 Å². The van der Waals surface area contributed by atoms with Gasteiger partial charge in [-0.3, -0.25) is 4.90 Å². The predicted octanol–water partition coefficient (Wildman–Crippen LogP) is 2.81. The molecule has 2 fully saturated rings. The number of likely N-dealkylation sites (N-methyl/N-ethyl adjacent to an activating group) is 1. The maximum atomic E-state index is 3.90. The Bertz CT molecular complexity index is 239. The largest absolute Gasteiger partial charge is 0.310 e. The van der Waals surface area contributed by atoms with Crippen molar-refractivity contribution in [3.8, 4) is 0 Å². The monoisotopic (exact) mass is 236 g/mol. The fourth-order valence-corrected chi connectivity index (χ4v) is 3.54. The molecule has 2 aliphatic rings. The predicted molar refractivity (Wildman–Crippen MR) is 74.2 cm³/mol. The van der Waals surface area contributed by atoms with Crippen molar-refractivity contribution in [2.75, 3.05) is 19.6 Å². The third kappa shape index (κ3) is 3.56. The lowest BCUT2D eigenvalue weighted by atomic mass is 9.78. The molecule has 0 radical (unpaired) electrons. The molecule has 17 heavy (non-hydrogen) atoms. The van der Waals surface area contributed by atoms with Gasteiger partial charge in [0.05, 0.1) is 0 Å². The van der Waals surface area contributed by atoms with Crippen LogP contribution >= 0.6 is 0 Å². The highest BCUT2D eigenvalue weighted by molar-refractivity contribution is 4.90. The summed E-state index contributed by atoms with van der Waals surface area (Å²) in [5.41, 5.74) is 0. The number of hydrogen-bond donors (Lipinski definition) is 1. The van der Waals surface area contributed by atoms with Crippen molar-refractivity contribution in [1.29, 1.82) is 0 Å². The lowest BCUT2D eigenvalue weighted by molar-refractivity contribution is 0.150. The maximum Gasteiger partial charge on any atom is 0.0197 e. The quantitative estimate of drug-likeness (QED) is 0.738. The molecular formula is C15H28N2. The van der Waals surface area contributed by atoms with Crippen LogP contribution in [0, 0.1) is 5.92 Å². The van der Waals surface area contributed by atoms with Gasteiger partial charge in [-0.1, -0.05) is 25.8 Å². The van der Waals surface area contributed by atoms with E-state index in [1.807, 2.05) is 6.08 Å². The van der Waals surface area contributed by atoms with Gasteiger partial charge >= 0.3 is 0 Å². The third-order valence-electron chi connectivity index (χ3n) is 4.56. The second kappa shape index (κ2) is 6.55. The first-order chi connectivity index (χ1) is 8.33. The van der Waals surface area contributed by atoms with E-state index in [0.717, 1.165) is 25.0 Å². The van der Waals surface area contributed by atoms with Crippen LogP contribution in [0.1, 0.15) is 45.4 Å². The highest BCUT2D eigenvalue weighted by Gasteiger charge is 2.31. The summed E-state index contributed by atoms with van der Waals surface area (Å²) in [7, 11) is 0. The van der Waals surface area contributed by atoms with Crippen LogP contribution in [-0.2, 0) is 0 Å². The number of fused-ring (bicyclic) bond motifs is 1. The molecular weight excluding hydrogens is 208 g/mol. The Morgan fingerprint density at radius 3 is 2.82 bits per heavy atom. The second-order valence-electron chi connectivity index (χ2n) is 5.73. The zero-order chi connectivity index (χ0) is 12.1. The van der Waals surface area contributed by atoms with E-state index >= 15 is 0 Å². The maximum absolute atomic E-state index is 3.90. The molecule has 1 N–H and O–H groups in total. The molecule has 2 heteroatoms. The Labute approximate surface area is 106 Å². The molecule has 0 aromatic rings. The SMILES string of the molecule is C=CCN(CC)CC1CCC2CCCCC2N1. The van der Waals surface area contributed by atoms with Gasteiger partial charge in [0.15, 0.2) is 0 Å². The summed E-state index contributed by atoms with van der Waals surface area (Å²) in [4.78, 5) is 2.49. The van der Waals surface area contributed by atoms with Crippen LogP contribution in [-0.4, -0.2) is 36.6 Å². The molecule has 2 nitrogen and oxygen atoms in total. The second-order valence-corrected chi connectivity index (χ2v) is 5.73. The Morgan fingerprint density at radius 1 is 1.24 bits per heavy atom. The van der Waals surface area contributed by atoms with E-state index in [1.165, 1.54) is 45.1 Å². The van der Waals surface area contributed by atoms with Crippen LogP contribution in [0.3, 0.4) is 0 Å². The highest BCUT2D eigenvalue weighted by Crippen LogP contribution is 2.32. The first-order valence-electron chi connectivity index (χ1n) is 7.42. The standard InChI is InChI=1S/C15H28N2/c1-3-11-17(4-2)12-14-10-9-13-7-5-6-8-15(13)16-14/h3,13-16H,1,4-12H2,2H3. The minimum Gasteiger partial charge on any atom is -0.310 e. The number of rotatable bonds is 5. The van der Waals surface area contributed by atoms with E-state index in [2.05, 4.69) is 23.7 Å². The first-order valence-corrected chi connectivity index (χ1v) is 7.42. The van der Waals surface area contributed by atoms with Crippen LogP contribution in [0.25, 0.3) is 0 Å². The summed E-state index contributed by atoms with van der Waals surface area (Å²) in [6, 6.07) is 1.54. The zero-order valence-electron chi connectivity index (χ0n) is 11.3. The molecule has 0 spiro atoms. The van der Waals surface area contributed by atoms with E-state index in [9.17, 15) is 0 Å². The highest BCUT2D eigenvalue weighted by atomic mass is 15.1. The fraction of sp³-hybridized carbons (Fsp3) is 0.867. The van der Waals surface area contributed by atoms with Gasteiger partial charge in [0.1, 0.15) is 0 Å². The number of hydrogen-bond acceptors (Lipinski definition) is 2. The molecule has 2 rings (SSSR count). The Balaban J connectivity index is 1.80. The minimum atomic E-state index is 0.717. The molecule has 0 aromatic carbocycles. The van der Waals surface area contributed by atoms with Crippen LogP contribution < -0.4 is 5.32 Å². The van der Waals surface area contributed by atoms with Crippen LogP contribution in [0.2, 0.25) is 0 Å². The summed E-state index contributed by atoms with van der Waals surface area (Å²) in [5.74, 6) is 0.981. The van der Waals surface area contributed by atoms with E-state index in [1.54, 1.807) is 0 Å². The van der Waals surface area contributed by atoms with Crippen molar-refractivity contribution >= 4 is 0 Å². The summed E-state index contributed by atoms with van der Waals surface area (Å²) in [6.45, 7) is 9.46. The van der Waals surface area contributed by atoms with E-state index in [0.29, 0.717) is 6.04 Å². The lowest BCUT2D eigenvalue weighted by Gasteiger charge is -2.41. The molecule has 0 aromatic heterocycles. The Kier molecular flexibility index (Phi) is 5.05. The zero-order valence-corrected chi connectivity index (χ0v) is 11.3. The number of piperidine rings is 1. The van der Waals surface area contributed by atoms with Gasteiger partial charge in [-0.05, 0) is 38.1 Å². The van der Waals surface area contributed by atoms with Crippen LogP contribution in [0.4, 0.5) is 0 Å². The first kappa shape index (κ1) is 13.1. The van der Waals surface area contributed by atoms with Gasteiger partial charge in [-0.15, -0.1) is 6.58 Å². The van der Waals surface area contributed by atoms with Gasteiger partial charge in [0.2, 0.25) is 0 Å². The van der Waals surface area contributed by atoms with Crippen LogP contribution in [0.5, 0.6) is 0 Å². The van der Waals surface area contributed by atoms with Gasteiger partial charge < -0.3 is 5.32 Å². The molecule has 98 valence electrons. The number of nitrogens with one attached hydrogen (secondary N) is 1. The van der Waals surface area contributed by atoms with Crippen molar-refractivity contribution < 1.29 is 0 Å². The third-order valence-corrected chi connectivity index (χ3v) is 4.56. The van der Waals surface area contributed by atoms with Gasteiger partial charge in [0.25, 0.3) is 0 Å². The average Bonchev–Trinajstić information content (AvgIpc) is 2.38. The molecule has 1 aliphatic heterocycles. The molecule has 1 aliphatic carbocycles. The molecule has 3 unspecified atom stereocenters. The molecule has 1 heterocycles. The van der Waals surface area contributed by atoms with Crippen molar-refractivity contribution in [3.63, 3.8) is 0 Å². The van der Waals surface area contributed by atoms with Gasteiger partial charge in [0, 0.05) is 25.2 Å². The smallest absolute Gasteiger partial charge is 0.0197 e. The molecule has 0 bridgehead atoms. The Morgan fingerprint density at radius 2 is 2.06 bits per heavy atom. The van der Waals surface area contributed by atoms with E-state index in [4.69, 9.17) is 0 Å². The van der Waals surface area contributed by atoms with Gasteiger partial charge in [-0.2, -0.15) is 0 Å².